The molecule has 1 heterocycles. The van der Waals surface area contributed by atoms with Gasteiger partial charge in [-0.15, -0.1) is 0 Å². The predicted octanol–water partition coefficient (Wildman–Crippen LogP) is 21.6. The van der Waals surface area contributed by atoms with Crippen LogP contribution in [0, 0.1) is 0 Å². The van der Waals surface area contributed by atoms with Crippen LogP contribution in [-0.2, 0) is 23.8 Å². The number of unbranched alkanes of at least 4 members (excludes halogenated alkanes) is 49. The van der Waals surface area contributed by atoms with E-state index in [1.165, 1.54) is 295 Å². The molecule has 0 saturated carbocycles. The molecule has 0 radical (unpaired) electrons. The number of allylic oxidation sites excluding steroid dienone is 9. The highest BCUT2D eigenvalue weighted by atomic mass is 16.7. The monoisotopic (exact) mass is 1310 g/mol. The predicted molar refractivity (Wildman–Crippen MR) is 393 cm³/mol. The topological polar surface area (TPSA) is 175 Å². The highest BCUT2D eigenvalue weighted by Crippen LogP contribution is 2.24. The quantitative estimate of drug-likeness (QED) is 0.0195. The second kappa shape index (κ2) is 70.7. The average Bonchev–Trinajstić information content (AvgIpc) is 0.905. The Morgan fingerprint density at radius 3 is 1.16 bits per heavy atom. The van der Waals surface area contributed by atoms with Gasteiger partial charge in [0.2, 0.25) is 5.91 Å². The van der Waals surface area contributed by atoms with Gasteiger partial charge in [0, 0.05) is 12.8 Å². The normalized spacial score (nSPS) is 17.8. The maximum atomic E-state index is 13.1. The zero-order valence-corrected chi connectivity index (χ0v) is 60.7. The van der Waals surface area contributed by atoms with E-state index in [-0.39, 0.29) is 18.5 Å². The number of amides is 1. The van der Waals surface area contributed by atoms with Crippen molar-refractivity contribution in [3.8, 4) is 0 Å². The van der Waals surface area contributed by atoms with Gasteiger partial charge >= 0.3 is 5.97 Å². The molecular formula is C82H151NO10. The Morgan fingerprint density at radius 2 is 0.742 bits per heavy atom. The summed E-state index contributed by atoms with van der Waals surface area (Å²) in [5.74, 6) is -0.183. The number of ether oxygens (including phenoxy) is 3. The first-order chi connectivity index (χ1) is 45.7. The number of carbonyl (C=O) groups is 2. The lowest BCUT2D eigenvalue weighted by Crippen LogP contribution is -2.60. The number of esters is 1. The molecule has 0 aromatic carbocycles. The largest absolute Gasteiger partial charge is 0.466 e. The molecule has 7 atom stereocenters. The molecule has 1 aliphatic rings. The van der Waals surface area contributed by atoms with Crippen LogP contribution in [0.2, 0.25) is 0 Å². The van der Waals surface area contributed by atoms with Crippen LogP contribution in [0.4, 0.5) is 0 Å². The van der Waals surface area contributed by atoms with E-state index in [1.807, 2.05) is 6.08 Å². The van der Waals surface area contributed by atoms with Crippen molar-refractivity contribution in [3.63, 3.8) is 0 Å². The van der Waals surface area contributed by atoms with Crippen molar-refractivity contribution in [1.29, 1.82) is 0 Å². The minimum absolute atomic E-state index is 0.00337. The zero-order valence-electron chi connectivity index (χ0n) is 60.7. The number of carbonyl (C=O) groups excluding carboxylic acids is 2. The number of aliphatic hydroxyl groups excluding tert-OH is 5. The summed E-state index contributed by atoms with van der Waals surface area (Å²) in [4.78, 5) is 25.1. The fraction of sp³-hybridized carbons (Fsp3) is 0.854. The van der Waals surface area contributed by atoms with Gasteiger partial charge in [-0.3, -0.25) is 9.59 Å². The first-order valence-corrected chi connectivity index (χ1v) is 40.1. The Morgan fingerprint density at radius 1 is 0.398 bits per heavy atom. The molecule has 0 aliphatic carbocycles. The lowest BCUT2D eigenvalue weighted by atomic mass is 9.99. The van der Waals surface area contributed by atoms with Gasteiger partial charge in [0.15, 0.2) is 6.29 Å². The third kappa shape index (κ3) is 59.2. The SMILES string of the molecule is CCCC/C=C\CCCCCCCC(=O)OCCCCCCCCCCCCCCCCC/C=C\C/C=C\CCCCCCCCCCCCCCCCCCCC(=O)NC(COC1OC(CO)C(O)C(O)C1O)C(O)/C=C/CC/C=C/CCCCCCCCCCC. The summed E-state index contributed by atoms with van der Waals surface area (Å²) in [5, 5.41) is 54.6. The lowest BCUT2D eigenvalue weighted by Gasteiger charge is -2.40. The van der Waals surface area contributed by atoms with E-state index in [2.05, 4.69) is 67.8 Å². The molecule has 1 aliphatic heterocycles. The number of nitrogens with one attached hydrogen (secondary N) is 1. The van der Waals surface area contributed by atoms with E-state index < -0.39 is 49.5 Å². The van der Waals surface area contributed by atoms with Gasteiger partial charge in [-0.1, -0.05) is 338 Å². The molecule has 0 spiro atoms. The van der Waals surface area contributed by atoms with Crippen LogP contribution in [-0.4, -0.2) is 100 Å². The average molecular weight is 1310 g/mol. The second-order valence-corrected chi connectivity index (χ2v) is 27.7. The molecule has 7 unspecified atom stereocenters. The lowest BCUT2D eigenvalue weighted by molar-refractivity contribution is -0.302. The van der Waals surface area contributed by atoms with Gasteiger partial charge in [-0.05, 0) is 96.3 Å². The van der Waals surface area contributed by atoms with Gasteiger partial charge in [0.1, 0.15) is 24.4 Å². The molecule has 11 heteroatoms. The van der Waals surface area contributed by atoms with Crippen LogP contribution in [0.25, 0.3) is 0 Å². The Bertz CT molecular complexity index is 1730. The van der Waals surface area contributed by atoms with Gasteiger partial charge in [0.05, 0.1) is 32.0 Å². The molecule has 544 valence electrons. The van der Waals surface area contributed by atoms with E-state index in [9.17, 15) is 35.1 Å². The molecule has 1 fully saturated rings. The molecule has 0 bridgehead atoms. The molecule has 93 heavy (non-hydrogen) atoms. The minimum atomic E-state index is -1.58. The minimum Gasteiger partial charge on any atom is -0.466 e. The Balaban J connectivity index is 1.94. The van der Waals surface area contributed by atoms with Crippen molar-refractivity contribution >= 4 is 11.9 Å². The fourth-order valence-corrected chi connectivity index (χ4v) is 12.5. The van der Waals surface area contributed by atoms with Gasteiger partial charge in [-0.2, -0.15) is 0 Å². The summed E-state index contributed by atoms with van der Waals surface area (Å²) in [5.41, 5.74) is 0. The van der Waals surface area contributed by atoms with Crippen LogP contribution in [0.15, 0.2) is 60.8 Å². The van der Waals surface area contributed by atoms with Crippen LogP contribution in [0.5, 0.6) is 0 Å². The Kier molecular flexibility index (Phi) is 67.2. The molecule has 0 aromatic heterocycles. The van der Waals surface area contributed by atoms with Crippen LogP contribution in [0.3, 0.4) is 0 Å². The zero-order chi connectivity index (χ0) is 67.2. The third-order valence-corrected chi connectivity index (χ3v) is 18.8. The Labute approximate surface area is 573 Å². The third-order valence-electron chi connectivity index (χ3n) is 18.8. The summed E-state index contributed by atoms with van der Waals surface area (Å²) in [7, 11) is 0. The van der Waals surface area contributed by atoms with Crippen molar-refractivity contribution in [3.05, 3.63) is 60.8 Å². The fourth-order valence-electron chi connectivity index (χ4n) is 12.5. The van der Waals surface area contributed by atoms with E-state index in [1.54, 1.807) is 6.08 Å². The number of rotatable bonds is 71. The summed E-state index contributed by atoms with van der Waals surface area (Å²) in [6.07, 6.45) is 85.4. The molecule has 1 amide bonds. The van der Waals surface area contributed by atoms with Crippen molar-refractivity contribution in [2.75, 3.05) is 19.8 Å². The molecule has 6 N–H and O–H groups in total. The van der Waals surface area contributed by atoms with E-state index >= 15 is 0 Å². The molecule has 11 nitrogen and oxygen atoms in total. The van der Waals surface area contributed by atoms with Crippen molar-refractivity contribution in [1.82, 2.24) is 5.32 Å². The maximum absolute atomic E-state index is 13.1. The van der Waals surface area contributed by atoms with Crippen molar-refractivity contribution < 1.29 is 49.3 Å². The summed E-state index contributed by atoms with van der Waals surface area (Å²) >= 11 is 0. The highest BCUT2D eigenvalue weighted by molar-refractivity contribution is 5.76. The summed E-state index contributed by atoms with van der Waals surface area (Å²) in [6.45, 7) is 4.33. The van der Waals surface area contributed by atoms with Gasteiger partial charge in [-0.25, -0.2) is 0 Å². The summed E-state index contributed by atoms with van der Waals surface area (Å²) < 4.78 is 16.7. The smallest absolute Gasteiger partial charge is 0.305 e. The van der Waals surface area contributed by atoms with Crippen molar-refractivity contribution in [2.45, 2.75) is 429 Å². The van der Waals surface area contributed by atoms with E-state index in [0.29, 0.717) is 19.4 Å². The second-order valence-electron chi connectivity index (χ2n) is 27.7. The standard InChI is InChI=1S/C82H151NO10/c1-3-5-7-9-11-13-15-16-42-45-49-52-56-60-64-68-75(85)74(73-92-82-81(90)80(89)79(88)76(72-84)93-82)83-77(86)69-65-61-57-53-50-46-43-40-38-36-34-32-30-28-26-24-22-20-18-17-19-21-23-25-27-29-31-33-35-37-39-41-44-47-51-55-59-63-67-71-91-78(87)70-66-62-58-54-48-14-12-10-8-6-4-2/h10,12,17-18,21,23,49,52,64,68,74-76,79-82,84-85,88-90H,3-9,11,13-16,19-20,22,24-48,50-51,53-63,65-67,69-73H2,1-2H3,(H,83,86)/b12-10-,18-17-,23-21-,52-49+,68-64+. The van der Waals surface area contributed by atoms with Gasteiger partial charge in [0.25, 0.3) is 0 Å². The van der Waals surface area contributed by atoms with E-state index in [4.69, 9.17) is 14.2 Å². The van der Waals surface area contributed by atoms with Crippen LogP contribution in [0.1, 0.15) is 386 Å². The van der Waals surface area contributed by atoms with Crippen LogP contribution < -0.4 is 5.32 Å². The van der Waals surface area contributed by atoms with E-state index in [0.717, 1.165) is 64.2 Å². The Hall–Kier alpha value is -2.64. The molecule has 0 aromatic rings. The molecule has 1 rings (SSSR count). The first-order valence-electron chi connectivity index (χ1n) is 40.1. The molecular weight excluding hydrogens is 1160 g/mol. The number of hydrogen-bond donors (Lipinski definition) is 6. The number of aliphatic hydroxyl groups is 5. The van der Waals surface area contributed by atoms with Crippen molar-refractivity contribution in [2.24, 2.45) is 0 Å². The highest BCUT2D eigenvalue weighted by Gasteiger charge is 2.44. The van der Waals surface area contributed by atoms with Crippen LogP contribution >= 0.6 is 0 Å². The first kappa shape index (κ1) is 88.4. The number of hydrogen-bond acceptors (Lipinski definition) is 10. The summed E-state index contributed by atoms with van der Waals surface area (Å²) in [6, 6.07) is -0.827. The molecule has 1 saturated heterocycles. The van der Waals surface area contributed by atoms with Gasteiger partial charge < -0.3 is 45.1 Å². The maximum Gasteiger partial charge on any atom is 0.305 e.